The first-order chi connectivity index (χ1) is 8.99. The number of rotatable bonds is 0. The van der Waals surface area contributed by atoms with Crippen molar-refractivity contribution < 1.29 is 29.9 Å². The summed E-state index contributed by atoms with van der Waals surface area (Å²) >= 11 is -5.39. The van der Waals surface area contributed by atoms with E-state index in [0.717, 1.165) is 0 Å². The second kappa shape index (κ2) is 5.84. The van der Waals surface area contributed by atoms with E-state index in [-0.39, 0.29) is 38.5 Å². The van der Waals surface area contributed by atoms with E-state index in [4.69, 9.17) is 10.7 Å². The van der Waals surface area contributed by atoms with Gasteiger partial charge in [-0.2, -0.15) is 0 Å². The van der Waals surface area contributed by atoms with Crippen molar-refractivity contribution in [2.45, 2.75) is 38.5 Å². The molecule has 2 heterocycles. The molecule has 1 spiro atoms. The Kier molecular flexibility index (Phi) is 4.37. The van der Waals surface area contributed by atoms with Crippen LogP contribution in [0.25, 0.3) is 0 Å². The predicted molar refractivity (Wildman–Crippen MR) is 57.8 cm³/mol. The van der Waals surface area contributed by atoms with Gasteiger partial charge in [-0.1, -0.05) is 0 Å². The summed E-state index contributed by atoms with van der Waals surface area (Å²) in [5.74, 6) is -2.74. The van der Waals surface area contributed by atoms with E-state index >= 15 is 0 Å². The molecule has 2 saturated heterocycles. The summed E-state index contributed by atoms with van der Waals surface area (Å²) in [4.78, 5) is 45.9. The molecule has 0 atom stereocenters. The van der Waals surface area contributed by atoms with Crippen molar-refractivity contribution in [3.8, 4) is 0 Å². The summed E-state index contributed by atoms with van der Waals surface area (Å²) in [6.07, 6.45) is 0.531. The number of carbonyl (C=O) groups excluding carboxylic acids is 4. The van der Waals surface area contributed by atoms with Crippen molar-refractivity contribution in [1.29, 1.82) is 0 Å². The van der Waals surface area contributed by atoms with Crippen molar-refractivity contribution in [1.82, 2.24) is 0 Å². The van der Waals surface area contributed by atoms with Crippen LogP contribution in [0.3, 0.4) is 0 Å². The Bertz CT molecular complexity index is 352. The van der Waals surface area contributed by atoms with E-state index in [1.165, 1.54) is 0 Å². The first-order valence-corrected chi connectivity index (χ1v) is 12.2. The summed E-state index contributed by atoms with van der Waals surface area (Å²) in [5, 5.41) is 0. The zero-order valence-electron chi connectivity index (χ0n) is 10.0. The SMILES string of the molecule is O=C1CCCC(=O)[O][Pb]2([O]1)[O]C(=O)CCCC(=O)[O]2. The van der Waals surface area contributed by atoms with Gasteiger partial charge in [-0.3, -0.25) is 0 Å². The Morgan fingerprint density at radius 2 is 0.842 bits per heavy atom. The van der Waals surface area contributed by atoms with Crippen molar-refractivity contribution in [3.63, 3.8) is 0 Å². The van der Waals surface area contributed by atoms with Gasteiger partial charge in [-0.15, -0.1) is 0 Å². The third kappa shape index (κ3) is 3.88. The maximum absolute atomic E-state index is 11.5. The third-order valence-corrected chi connectivity index (χ3v) is 9.91. The molecule has 0 aromatic heterocycles. The van der Waals surface area contributed by atoms with Gasteiger partial charge >= 0.3 is 115 Å². The van der Waals surface area contributed by atoms with Crippen LogP contribution in [0.2, 0.25) is 0 Å². The number of carbonyl (C=O) groups is 4. The van der Waals surface area contributed by atoms with Gasteiger partial charge in [-0.25, -0.2) is 0 Å². The molecule has 0 radical (unpaired) electrons. The van der Waals surface area contributed by atoms with Crippen LogP contribution in [-0.4, -0.2) is 46.9 Å². The van der Waals surface area contributed by atoms with Gasteiger partial charge in [0, 0.05) is 0 Å². The van der Waals surface area contributed by atoms with Crippen LogP contribution < -0.4 is 0 Å². The van der Waals surface area contributed by atoms with Gasteiger partial charge < -0.3 is 0 Å². The van der Waals surface area contributed by atoms with E-state index in [9.17, 15) is 19.2 Å². The van der Waals surface area contributed by atoms with Gasteiger partial charge in [0.05, 0.1) is 0 Å². The van der Waals surface area contributed by atoms with Crippen LogP contribution in [0, 0.1) is 0 Å². The van der Waals surface area contributed by atoms with Crippen molar-refractivity contribution in [2.24, 2.45) is 0 Å². The van der Waals surface area contributed by atoms with E-state index in [0.29, 0.717) is 0 Å². The zero-order chi connectivity index (χ0) is 13.9. The number of hydrogen-bond donors (Lipinski definition) is 0. The molecule has 0 unspecified atom stereocenters. The second-order valence-corrected chi connectivity index (χ2v) is 11.2. The molecule has 2 aliphatic heterocycles. The molecule has 0 aliphatic carbocycles. The third-order valence-electron chi connectivity index (χ3n) is 2.48. The normalized spacial score (nSPS) is 24.0. The topological polar surface area (TPSA) is 105 Å². The van der Waals surface area contributed by atoms with E-state index in [1.807, 2.05) is 0 Å². The average molecular weight is 467 g/mol. The van der Waals surface area contributed by atoms with Crippen LogP contribution in [0.15, 0.2) is 0 Å². The first-order valence-electron chi connectivity index (χ1n) is 5.86. The van der Waals surface area contributed by atoms with E-state index in [2.05, 4.69) is 0 Å². The first kappa shape index (κ1) is 14.2. The molecule has 0 aromatic rings. The quantitative estimate of drug-likeness (QED) is 0.458. The Morgan fingerprint density at radius 3 is 1.11 bits per heavy atom. The molecule has 0 N–H and O–H groups in total. The molecular formula is C10H12O8Pb. The molecule has 0 amide bonds. The van der Waals surface area contributed by atoms with E-state index < -0.39 is 46.9 Å². The van der Waals surface area contributed by atoms with Crippen LogP contribution in [-0.2, 0) is 29.9 Å². The fourth-order valence-corrected chi connectivity index (χ4v) is 8.54. The summed E-state index contributed by atoms with van der Waals surface area (Å²) < 4.78 is 19.7. The molecule has 8 nitrogen and oxygen atoms in total. The second-order valence-electron chi connectivity index (χ2n) is 4.10. The molecule has 2 aliphatic rings. The summed E-state index contributed by atoms with van der Waals surface area (Å²) in [5.41, 5.74) is 0. The summed E-state index contributed by atoms with van der Waals surface area (Å²) in [7, 11) is 0. The standard InChI is InChI=1S/2C5H8O4.Pb/c2*6-4(7)2-1-3-5(8)9;/h2*1-3H2,(H,6,7)(H,8,9);/q;;+4/p-4. The molecule has 9 heteroatoms. The summed E-state index contributed by atoms with van der Waals surface area (Å²) in [6, 6.07) is 0. The molecule has 2 rings (SSSR count). The van der Waals surface area contributed by atoms with Crippen molar-refractivity contribution in [3.05, 3.63) is 0 Å². The molecule has 0 bridgehead atoms. The van der Waals surface area contributed by atoms with Crippen LogP contribution >= 0.6 is 0 Å². The average Bonchev–Trinajstić information content (AvgIpc) is 2.24. The summed E-state index contributed by atoms with van der Waals surface area (Å²) in [6.45, 7) is 0. The molecule has 2 fully saturated rings. The zero-order valence-corrected chi connectivity index (χ0v) is 13.9. The van der Waals surface area contributed by atoms with Crippen LogP contribution in [0.5, 0.6) is 0 Å². The Balaban J connectivity index is 2.25. The van der Waals surface area contributed by atoms with Crippen molar-refractivity contribution in [2.75, 3.05) is 0 Å². The fraction of sp³-hybridized carbons (Fsp3) is 0.600. The van der Waals surface area contributed by atoms with Gasteiger partial charge in [0.2, 0.25) is 0 Å². The maximum atomic E-state index is 11.5. The fourth-order valence-electron chi connectivity index (χ4n) is 1.64. The predicted octanol–water partition coefficient (Wildman–Crippen LogP) is -0.0374. The molecular weight excluding hydrogens is 455 g/mol. The number of hydrogen-bond acceptors (Lipinski definition) is 8. The molecule has 0 saturated carbocycles. The molecule has 0 aromatic carbocycles. The monoisotopic (exact) mass is 468 g/mol. The van der Waals surface area contributed by atoms with Gasteiger partial charge in [0.25, 0.3) is 0 Å². The minimum atomic E-state index is -5.39. The minimum absolute atomic E-state index is 0.00799. The van der Waals surface area contributed by atoms with Crippen molar-refractivity contribution >= 4 is 46.9 Å². The van der Waals surface area contributed by atoms with Gasteiger partial charge in [-0.05, 0) is 0 Å². The van der Waals surface area contributed by atoms with Crippen LogP contribution in [0.1, 0.15) is 38.5 Å². The molecule has 104 valence electrons. The van der Waals surface area contributed by atoms with Gasteiger partial charge in [0.15, 0.2) is 0 Å². The Morgan fingerprint density at radius 1 is 0.579 bits per heavy atom. The van der Waals surface area contributed by atoms with Crippen LogP contribution in [0.4, 0.5) is 0 Å². The Hall–Kier alpha value is -1.20. The Labute approximate surface area is 115 Å². The van der Waals surface area contributed by atoms with E-state index in [1.54, 1.807) is 0 Å². The molecule has 19 heavy (non-hydrogen) atoms. The van der Waals surface area contributed by atoms with Gasteiger partial charge in [0.1, 0.15) is 0 Å².